The van der Waals surface area contributed by atoms with Gasteiger partial charge in [-0.2, -0.15) is 0 Å². The normalized spacial score (nSPS) is 10.9. The van der Waals surface area contributed by atoms with E-state index < -0.39 is 0 Å². The summed E-state index contributed by atoms with van der Waals surface area (Å²) in [7, 11) is 0. The molecular formula is C14H23BrN2O2. The minimum Gasteiger partial charge on any atom is -0.382 e. The van der Waals surface area contributed by atoms with Gasteiger partial charge in [-0.15, -0.1) is 0 Å². The first kappa shape index (κ1) is 16.4. The summed E-state index contributed by atoms with van der Waals surface area (Å²) in [4.78, 5) is 11.9. The van der Waals surface area contributed by atoms with E-state index in [1.165, 1.54) is 0 Å². The van der Waals surface area contributed by atoms with E-state index >= 15 is 0 Å². The van der Waals surface area contributed by atoms with Crippen molar-refractivity contribution in [3.8, 4) is 0 Å². The van der Waals surface area contributed by atoms with Crippen LogP contribution in [0.25, 0.3) is 0 Å². The number of halogens is 1. The molecule has 1 N–H and O–H groups in total. The Morgan fingerprint density at radius 1 is 1.37 bits per heavy atom. The molecule has 0 atom stereocenters. The first-order valence-corrected chi connectivity index (χ1v) is 7.59. The number of aryl methyl sites for hydroxylation is 1. The second kappa shape index (κ2) is 9.28. The third-order valence-electron chi connectivity index (χ3n) is 2.86. The summed E-state index contributed by atoms with van der Waals surface area (Å²) in [6.45, 7) is 7.95. The molecule has 0 aliphatic heterocycles. The highest BCUT2D eigenvalue weighted by Gasteiger charge is 2.01. The number of pyridine rings is 1. The Hall–Kier alpha value is -0.650. The number of hydrogen-bond donors (Lipinski definition) is 1. The lowest BCUT2D eigenvalue weighted by Gasteiger charge is -2.09. The Labute approximate surface area is 123 Å². The van der Waals surface area contributed by atoms with Gasteiger partial charge >= 0.3 is 0 Å². The topological polar surface area (TPSA) is 43.3 Å². The van der Waals surface area contributed by atoms with Crippen molar-refractivity contribution in [1.82, 2.24) is 9.88 Å². The number of unbranched alkanes of at least 4 members (excludes halogenated alkanes) is 1. The molecular weight excluding hydrogens is 308 g/mol. The van der Waals surface area contributed by atoms with Gasteiger partial charge in [0.15, 0.2) is 0 Å². The summed E-state index contributed by atoms with van der Waals surface area (Å²) in [5.41, 5.74) is 0.854. The molecule has 0 aliphatic carbocycles. The van der Waals surface area contributed by atoms with Crippen LogP contribution in [-0.4, -0.2) is 30.9 Å². The average molecular weight is 331 g/mol. The molecule has 0 fully saturated rings. The molecule has 1 aromatic rings. The van der Waals surface area contributed by atoms with Crippen LogP contribution in [0.2, 0.25) is 0 Å². The largest absolute Gasteiger partial charge is 0.382 e. The van der Waals surface area contributed by atoms with Crippen LogP contribution in [0, 0.1) is 6.92 Å². The molecule has 4 nitrogen and oxygen atoms in total. The summed E-state index contributed by atoms with van der Waals surface area (Å²) in [5, 5.41) is 3.35. The van der Waals surface area contributed by atoms with Gasteiger partial charge < -0.3 is 14.6 Å². The standard InChI is InChI=1S/C14H23BrN2O2/c1-3-19-9-5-4-6-16-7-8-17-11-13(15)10-12(2)14(17)18/h10-11,16H,3-9H2,1-2H3. The predicted octanol–water partition coefficient (Wildman–Crippen LogP) is 2.33. The zero-order valence-corrected chi connectivity index (χ0v) is 13.3. The van der Waals surface area contributed by atoms with Crippen molar-refractivity contribution in [3.63, 3.8) is 0 Å². The van der Waals surface area contributed by atoms with E-state index in [4.69, 9.17) is 4.74 Å². The van der Waals surface area contributed by atoms with Gasteiger partial charge in [-0.3, -0.25) is 4.79 Å². The minimum atomic E-state index is 0.0846. The van der Waals surface area contributed by atoms with Gasteiger partial charge in [0, 0.05) is 42.5 Å². The number of nitrogens with zero attached hydrogens (tertiary/aromatic N) is 1. The number of ether oxygens (including phenoxy) is 1. The highest BCUT2D eigenvalue weighted by atomic mass is 79.9. The number of aromatic nitrogens is 1. The molecule has 0 aromatic carbocycles. The van der Waals surface area contributed by atoms with Crippen LogP contribution in [0.15, 0.2) is 21.5 Å². The van der Waals surface area contributed by atoms with Gasteiger partial charge in [0.2, 0.25) is 0 Å². The number of rotatable bonds is 9. The van der Waals surface area contributed by atoms with Gasteiger partial charge in [0.1, 0.15) is 0 Å². The van der Waals surface area contributed by atoms with Crippen molar-refractivity contribution in [2.24, 2.45) is 0 Å². The summed E-state index contributed by atoms with van der Waals surface area (Å²) in [6, 6.07) is 1.85. The van der Waals surface area contributed by atoms with E-state index in [0.29, 0.717) is 6.54 Å². The third-order valence-corrected chi connectivity index (χ3v) is 3.29. The molecule has 1 heterocycles. The van der Waals surface area contributed by atoms with E-state index in [9.17, 15) is 4.79 Å². The van der Waals surface area contributed by atoms with E-state index in [2.05, 4.69) is 21.2 Å². The van der Waals surface area contributed by atoms with Gasteiger partial charge in [-0.1, -0.05) is 0 Å². The smallest absolute Gasteiger partial charge is 0.253 e. The summed E-state index contributed by atoms with van der Waals surface area (Å²) in [5.74, 6) is 0. The van der Waals surface area contributed by atoms with Crippen molar-refractivity contribution in [2.75, 3.05) is 26.3 Å². The zero-order chi connectivity index (χ0) is 14.1. The average Bonchev–Trinajstić information content (AvgIpc) is 2.38. The first-order valence-electron chi connectivity index (χ1n) is 6.80. The van der Waals surface area contributed by atoms with E-state index in [1.807, 2.05) is 26.1 Å². The Kier molecular flexibility index (Phi) is 8.02. The van der Waals surface area contributed by atoms with Crippen molar-refractivity contribution < 1.29 is 4.74 Å². The van der Waals surface area contributed by atoms with E-state index in [-0.39, 0.29) is 5.56 Å². The molecule has 0 amide bonds. The molecule has 0 aliphatic rings. The second-order valence-electron chi connectivity index (χ2n) is 4.49. The molecule has 1 rings (SSSR count). The zero-order valence-electron chi connectivity index (χ0n) is 11.7. The molecule has 19 heavy (non-hydrogen) atoms. The van der Waals surface area contributed by atoms with Crippen LogP contribution in [0.5, 0.6) is 0 Å². The van der Waals surface area contributed by atoms with Gasteiger partial charge in [-0.25, -0.2) is 0 Å². The molecule has 0 saturated carbocycles. The lowest BCUT2D eigenvalue weighted by atomic mass is 10.3. The highest BCUT2D eigenvalue weighted by Crippen LogP contribution is 2.07. The maximum Gasteiger partial charge on any atom is 0.253 e. The van der Waals surface area contributed by atoms with Crippen LogP contribution < -0.4 is 10.9 Å². The number of hydrogen-bond acceptors (Lipinski definition) is 3. The number of nitrogens with one attached hydrogen (secondary N) is 1. The fourth-order valence-corrected chi connectivity index (χ4v) is 2.42. The predicted molar refractivity (Wildman–Crippen MR) is 81.7 cm³/mol. The molecule has 5 heteroatoms. The van der Waals surface area contributed by atoms with Crippen LogP contribution in [0.3, 0.4) is 0 Å². The quantitative estimate of drug-likeness (QED) is 0.706. The second-order valence-corrected chi connectivity index (χ2v) is 5.41. The van der Waals surface area contributed by atoms with Crippen LogP contribution >= 0.6 is 15.9 Å². The van der Waals surface area contributed by atoms with Crippen molar-refractivity contribution >= 4 is 15.9 Å². The maximum absolute atomic E-state index is 11.9. The van der Waals surface area contributed by atoms with Gasteiger partial charge in [-0.05, 0) is 55.2 Å². The lowest BCUT2D eigenvalue weighted by Crippen LogP contribution is -2.28. The molecule has 1 aromatic heterocycles. The molecule has 0 unspecified atom stereocenters. The van der Waals surface area contributed by atoms with Crippen LogP contribution in [-0.2, 0) is 11.3 Å². The Bertz CT molecular complexity index is 432. The van der Waals surface area contributed by atoms with Crippen LogP contribution in [0.4, 0.5) is 0 Å². The van der Waals surface area contributed by atoms with Crippen molar-refractivity contribution in [3.05, 3.63) is 32.7 Å². The summed E-state index contributed by atoms with van der Waals surface area (Å²) < 4.78 is 7.96. The summed E-state index contributed by atoms with van der Waals surface area (Å²) >= 11 is 3.41. The van der Waals surface area contributed by atoms with Gasteiger partial charge in [0.25, 0.3) is 5.56 Å². The monoisotopic (exact) mass is 330 g/mol. The minimum absolute atomic E-state index is 0.0846. The first-order chi connectivity index (χ1) is 9.15. The molecule has 0 bridgehead atoms. The SMILES string of the molecule is CCOCCCCNCCn1cc(Br)cc(C)c1=O. The Balaban J connectivity index is 2.21. The third kappa shape index (κ3) is 6.36. The fraction of sp³-hybridized carbons (Fsp3) is 0.643. The lowest BCUT2D eigenvalue weighted by molar-refractivity contribution is 0.143. The van der Waals surface area contributed by atoms with E-state index in [1.54, 1.807) is 4.57 Å². The molecule has 0 radical (unpaired) electrons. The maximum atomic E-state index is 11.9. The molecule has 0 spiro atoms. The Morgan fingerprint density at radius 3 is 2.89 bits per heavy atom. The van der Waals surface area contributed by atoms with E-state index in [0.717, 1.165) is 49.2 Å². The highest BCUT2D eigenvalue weighted by molar-refractivity contribution is 9.10. The molecule has 108 valence electrons. The van der Waals surface area contributed by atoms with Crippen molar-refractivity contribution in [2.45, 2.75) is 33.2 Å². The Morgan fingerprint density at radius 2 is 2.16 bits per heavy atom. The van der Waals surface area contributed by atoms with Crippen LogP contribution in [0.1, 0.15) is 25.3 Å². The molecule has 0 saturated heterocycles. The fourth-order valence-electron chi connectivity index (χ4n) is 1.83. The van der Waals surface area contributed by atoms with Gasteiger partial charge in [0.05, 0.1) is 0 Å². The summed E-state index contributed by atoms with van der Waals surface area (Å²) in [6.07, 6.45) is 4.02. The van der Waals surface area contributed by atoms with Crippen molar-refractivity contribution in [1.29, 1.82) is 0 Å².